The number of nitrogens with zero attached hydrogens (tertiary/aromatic N) is 1. The summed E-state index contributed by atoms with van der Waals surface area (Å²) in [5.74, 6) is 0. The Labute approximate surface area is 125 Å². The van der Waals surface area contributed by atoms with E-state index in [4.69, 9.17) is 0 Å². The molecule has 1 rings (SSSR count). The highest BCUT2D eigenvalue weighted by molar-refractivity contribution is 9.10. The van der Waals surface area contributed by atoms with Crippen LogP contribution in [0.25, 0.3) is 0 Å². The summed E-state index contributed by atoms with van der Waals surface area (Å²) in [6.07, 6.45) is 0.765. The van der Waals surface area contributed by atoms with Crippen molar-refractivity contribution < 1.29 is 5.11 Å². The Morgan fingerprint density at radius 2 is 2.16 bits per heavy atom. The Kier molecular flexibility index (Phi) is 7.61. The summed E-state index contributed by atoms with van der Waals surface area (Å²) in [5, 5.41) is 12.9. The quantitative estimate of drug-likeness (QED) is 0.770. The van der Waals surface area contributed by atoms with Gasteiger partial charge in [-0.15, -0.1) is 0 Å². The molecule has 0 heterocycles. The lowest BCUT2D eigenvalue weighted by Crippen LogP contribution is -2.31. The van der Waals surface area contributed by atoms with Crippen molar-refractivity contribution in [1.29, 1.82) is 0 Å². The molecule has 0 aliphatic carbocycles. The van der Waals surface area contributed by atoms with Crippen LogP contribution in [0.5, 0.6) is 0 Å². The third-order valence-electron chi connectivity index (χ3n) is 3.08. The Balaban J connectivity index is 2.58. The number of halogens is 1. The largest absolute Gasteiger partial charge is 0.392 e. The summed E-state index contributed by atoms with van der Waals surface area (Å²) in [5.41, 5.74) is 1.31. The smallest absolute Gasteiger partial charge is 0.0638 e. The lowest BCUT2D eigenvalue weighted by Gasteiger charge is -2.23. The van der Waals surface area contributed by atoms with Gasteiger partial charge in [0.2, 0.25) is 0 Å². The van der Waals surface area contributed by atoms with Gasteiger partial charge in [-0.3, -0.25) is 0 Å². The van der Waals surface area contributed by atoms with Gasteiger partial charge >= 0.3 is 0 Å². The molecular formula is C15H25BrN2O. The molecule has 0 spiro atoms. The molecule has 4 heteroatoms. The van der Waals surface area contributed by atoms with Crippen LogP contribution in [-0.4, -0.2) is 42.8 Å². The number of rotatable bonds is 8. The van der Waals surface area contributed by atoms with Crippen LogP contribution in [0.3, 0.4) is 0 Å². The molecule has 2 unspecified atom stereocenters. The molecule has 0 radical (unpaired) electrons. The SMILES string of the molecule is CCNC(CCN(C)CC(C)O)c1cccc(Br)c1. The molecule has 0 aromatic heterocycles. The second-order valence-corrected chi connectivity index (χ2v) is 5.98. The van der Waals surface area contributed by atoms with Crippen molar-refractivity contribution in [2.45, 2.75) is 32.4 Å². The molecule has 0 bridgehead atoms. The van der Waals surface area contributed by atoms with Gasteiger partial charge in [0.05, 0.1) is 6.10 Å². The normalized spacial score (nSPS) is 14.6. The Morgan fingerprint density at radius 1 is 1.42 bits per heavy atom. The van der Waals surface area contributed by atoms with Gasteiger partial charge in [-0.2, -0.15) is 0 Å². The maximum absolute atomic E-state index is 9.38. The molecule has 3 nitrogen and oxygen atoms in total. The van der Waals surface area contributed by atoms with E-state index >= 15 is 0 Å². The summed E-state index contributed by atoms with van der Waals surface area (Å²) in [4.78, 5) is 2.17. The van der Waals surface area contributed by atoms with E-state index in [1.807, 2.05) is 13.0 Å². The van der Waals surface area contributed by atoms with E-state index in [2.05, 4.69) is 58.3 Å². The zero-order valence-electron chi connectivity index (χ0n) is 12.1. The number of hydrogen-bond donors (Lipinski definition) is 2. The highest BCUT2D eigenvalue weighted by Gasteiger charge is 2.12. The molecule has 0 amide bonds. The molecule has 0 aliphatic heterocycles. The fraction of sp³-hybridized carbons (Fsp3) is 0.600. The lowest BCUT2D eigenvalue weighted by molar-refractivity contribution is 0.139. The van der Waals surface area contributed by atoms with E-state index in [1.165, 1.54) is 5.56 Å². The average molecular weight is 329 g/mol. The van der Waals surface area contributed by atoms with Crippen LogP contribution in [0.4, 0.5) is 0 Å². The maximum atomic E-state index is 9.38. The lowest BCUT2D eigenvalue weighted by atomic mass is 10.0. The fourth-order valence-electron chi connectivity index (χ4n) is 2.25. The van der Waals surface area contributed by atoms with Gasteiger partial charge < -0.3 is 15.3 Å². The highest BCUT2D eigenvalue weighted by Crippen LogP contribution is 2.21. The number of benzene rings is 1. The van der Waals surface area contributed by atoms with Gasteiger partial charge in [0.25, 0.3) is 0 Å². The molecule has 0 saturated carbocycles. The minimum Gasteiger partial charge on any atom is -0.392 e. The molecule has 1 aromatic carbocycles. The first-order valence-electron chi connectivity index (χ1n) is 6.88. The van der Waals surface area contributed by atoms with Crippen molar-refractivity contribution in [3.63, 3.8) is 0 Å². The van der Waals surface area contributed by atoms with Gasteiger partial charge in [0, 0.05) is 17.1 Å². The van der Waals surface area contributed by atoms with Crippen molar-refractivity contribution in [2.75, 3.05) is 26.7 Å². The van der Waals surface area contributed by atoms with Gasteiger partial charge in [-0.25, -0.2) is 0 Å². The third kappa shape index (κ3) is 6.52. The predicted octanol–water partition coefficient (Wildman–Crippen LogP) is 2.80. The second kappa shape index (κ2) is 8.69. The van der Waals surface area contributed by atoms with Crippen molar-refractivity contribution in [3.8, 4) is 0 Å². The Morgan fingerprint density at radius 3 is 2.74 bits per heavy atom. The first-order valence-corrected chi connectivity index (χ1v) is 7.67. The zero-order chi connectivity index (χ0) is 14.3. The average Bonchev–Trinajstić information content (AvgIpc) is 2.33. The van der Waals surface area contributed by atoms with Crippen molar-refractivity contribution >= 4 is 15.9 Å². The standard InChI is InChI=1S/C15H25BrN2O/c1-4-17-15(8-9-18(3)11-12(2)19)13-6-5-7-14(16)10-13/h5-7,10,12,15,17,19H,4,8-9,11H2,1-3H3. The van der Waals surface area contributed by atoms with Gasteiger partial charge in [0.15, 0.2) is 0 Å². The van der Waals surface area contributed by atoms with E-state index in [0.29, 0.717) is 6.04 Å². The minimum absolute atomic E-state index is 0.270. The first-order chi connectivity index (χ1) is 9.02. The van der Waals surface area contributed by atoms with E-state index in [0.717, 1.165) is 30.5 Å². The van der Waals surface area contributed by atoms with Gasteiger partial charge in [0.1, 0.15) is 0 Å². The molecule has 0 saturated heterocycles. The molecule has 1 aromatic rings. The number of hydrogen-bond acceptors (Lipinski definition) is 3. The van der Waals surface area contributed by atoms with Crippen LogP contribution in [0.15, 0.2) is 28.7 Å². The van der Waals surface area contributed by atoms with Crippen molar-refractivity contribution in [3.05, 3.63) is 34.3 Å². The topological polar surface area (TPSA) is 35.5 Å². The number of aliphatic hydroxyl groups excluding tert-OH is 1. The van der Waals surface area contributed by atoms with Gasteiger partial charge in [-0.05, 0) is 51.2 Å². The van der Waals surface area contributed by atoms with E-state index < -0.39 is 0 Å². The summed E-state index contributed by atoms with van der Waals surface area (Å²) >= 11 is 3.52. The molecule has 0 aliphatic rings. The maximum Gasteiger partial charge on any atom is 0.0638 e. The summed E-state index contributed by atoms with van der Waals surface area (Å²) in [6.45, 7) is 6.60. The van der Waals surface area contributed by atoms with Crippen LogP contribution in [0, 0.1) is 0 Å². The fourth-order valence-corrected chi connectivity index (χ4v) is 2.67. The molecule has 0 fully saturated rings. The molecule has 2 N–H and O–H groups in total. The number of likely N-dealkylation sites (N-methyl/N-ethyl adjacent to an activating group) is 1. The molecule has 108 valence electrons. The van der Waals surface area contributed by atoms with E-state index in [-0.39, 0.29) is 6.10 Å². The van der Waals surface area contributed by atoms with Crippen LogP contribution < -0.4 is 5.32 Å². The van der Waals surface area contributed by atoms with E-state index in [9.17, 15) is 5.11 Å². The molecule has 2 atom stereocenters. The van der Waals surface area contributed by atoms with Crippen molar-refractivity contribution in [2.24, 2.45) is 0 Å². The minimum atomic E-state index is -0.270. The highest BCUT2D eigenvalue weighted by atomic mass is 79.9. The van der Waals surface area contributed by atoms with Crippen LogP contribution in [0.1, 0.15) is 31.9 Å². The summed E-state index contributed by atoms with van der Waals surface area (Å²) in [6, 6.07) is 8.81. The second-order valence-electron chi connectivity index (χ2n) is 5.07. The van der Waals surface area contributed by atoms with Crippen LogP contribution in [-0.2, 0) is 0 Å². The van der Waals surface area contributed by atoms with Crippen molar-refractivity contribution in [1.82, 2.24) is 10.2 Å². The summed E-state index contributed by atoms with van der Waals surface area (Å²) in [7, 11) is 2.05. The van der Waals surface area contributed by atoms with Crippen LogP contribution in [0.2, 0.25) is 0 Å². The predicted molar refractivity (Wildman–Crippen MR) is 84.4 cm³/mol. The first kappa shape index (κ1) is 16.6. The van der Waals surface area contributed by atoms with E-state index in [1.54, 1.807) is 0 Å². The zero-order valence-corrected chi connectivity index (χ0v) is 13.7. The monoisotopic (exact) mass is 328 g/mol. The van der Waals surface area contributed by atoms with Gasteiger partial charge in [-0.1, -0.05) is 35.0 Å². The Bertz CT molecular complexity index is 371. The van der Waals surface area contributed by atoms with Crippen LogP contribution >= 0.6 is 15.9 Å². The number of nitrogens with one attached hydrogen (secondary N) is 1. The number of aliphatic hydroxyl groups is 1. The third-order valence-corrected chi connectivity index (χ3v) is 3.57. The molecular weight excluding hydrogens is 304 g/mol. The molecule has 19 heavy (non-hydrogen) atoms. The Hall–Kier alpha value is -0.420. The summed E-state index contributed by atoms with van der Waals surface area (Å²) < 4.78 is 1.12.